The molecule has 3 nitrogen and oxygen atoms in total. The van der Waals surface area contributed by atoms with Gasteiger partial charge in [-0.05, 0) is 6.42 Å². The molecule has 8 heteroatoms. The zero-order valence-corrected chi connectivity index (χ0v) is 9.58. The smallest absolute Gasteiger partial charge is 0.427 e. The Morgan fingerprint density at radius 1 is 1.56 bits per heavy atom. The number of hydrogen-bond acceptors (Lipinski definition) is 4. The van der Waals surface area contributed by atoms with E-state index in [-0.39, 0.29) is 6.42 Å². The number of alkyl halides is 3. The van der Waals surface area contributed by atoms with Crippen molar-refractivity contribution in [1.82, 2.24) is 4.98 Å². The molecule has 0 amide bonds. The Labute approximate surface area is 97.7 Å². The summed E-state index contributed by atoms with van der Waals surface area (Å²) in [5.41, 5.74) is 0. The third-order valence-electron chi connectivity index (χ3n) is 1.52. The van der Waals surface area contributed by atoms with E-state index in [1.807, 2.05) is 0 Å². The number of aliphatic carboxylic acids is 1. The van der Waals surface area contributed by atoms with Crippen LogP contribution in [0.3, 0.4) is 0 Å². The Balaban J connectivity index is 2.38. The van der Waals surface area contributed by atoms with Gasteiger partial charge in [0.15, 0.2) is 0 Å². The first-order valence-electron chi connectivity index (χ1n) is 4.27. The molecular weight excluding hydrogens is 263 g/mol. The highest BCUT2D eigenvalue weighted by atomic mass is 32.2. The number of carboxylic acids is 1. The van der Waals surface area contributed by atoms with Crippen molar-refractivity contribution in [2.24, 2.45) is 0 Å². The molecule has 90 valence electrons. The van der Waals surface area contributed by atoms with Gasteiger partial charge < -0.3 is 5.11 Å². The first kappa shape index (κ1) is 13.3. The zero-order chi connectivity index (χ0) is 12.2. The van der Waals surface area contributed by atoms with Crippen LogP contribution in [0.1, 0.15) is 17.7 Å². The fourth-order valence-electron chi connectivity index (χ4n) is 0.839. The minimum Gasteiger partial charge on any atom is -0.481 e. The van der Waals surface area contributed by atoms with Crippen LogP contribution in [-0.4, -0.2) is 21.8 Å². The second-order valence-electron chi connectivity index (χ2n) is 2.83. The molecule has 0 fully saturated rings. The SMILES string of the molecule is O=C(O)CCCSc1ncc(C(F)(F)F)s1. The molecule has 0 saturated carbocycles. The van der Waals surface area contributed by atoms with Crippen molar-refractivity contribution in [3.8, 4) is 0 Å². The third kappa shape index (κ3) is 4.40. The van der Waals surface area contributed by atoms with Crippen molar-refractivity contribution in [3.05, 3.63) is 11.1 Å². The maximum atomic E-state index is 12.2. The average Bonchev–Trinajstić information content (AvgIpc) is 2.59. The fraction of sp³-hybridized carbons (Fsp3) is 0.500. The Kier molecular flexibility index (Phi) is 4.60. The molecule has 16 heavy (non-hydrogen) atoms. The molecule has 0 atom stereocenters. The monoisotopic (exact) mass is 271 g/mol. The van der Waals surface area contributed by atoms with Crippen molar-refractivity contribution in [3.63, 3.8) is 0 Å². The van der Waals surface area contributed by atoms with Gasteiger partial charge in [-0.15, -0.1) is 11.3 Å². The number of rotatable bonds is 5. The van der Waals surface area contributed by atoms with E-state index in [9.17, 15) is 18.0 Å². The molecule has 0 saturated heterocycles. The van der Waals surface area contributed by atoms with Gasteiger partial charge in [0.1, 0.15) is 9.22 Å². The van der Waals surface area contributed by atoms with Crippen LogP contribution in [0.5, 0.6) is 0 Å². The van der Waals surface area contributed by atoms with Crippen molar-refractivity contribution in [2.45, 2.75) is 23.4 Å². The highest BCUT2D eigenvalue weighted by molar-refractivity contribution is 8.01. The van der Waals surface area contributed by atoms with Gasteiger partial charge in [-0.25, -0.2) is 4.98 Å². The summed E-state index contributed by atoms with van der Waals surface area (Å²) in [6, 6.07) is 0. The molecule has 0 aliphatic carbocycles. The predicted molar refractivity (Wildman–Crippen MR) is 54.7 cm³/mol. The Morgan fingerprint density at radius 2 is 2.25 bits per heavy atom. The lowest BCUT2D eigenvalue weighted by atomic mass is 10.3. The van der Waals surface area contributed by atoms with Gasteiger partial charge in [-0.1, -0.05) is 11.8 Å². The quantitative estimate of drug-likeness (QED) is 0.660. The van der Waals surface area contributed by atoms with E-state index < -0.39 is 17.0 Å². The second-order valence-corrected chi connectivity index (χ2v) is 5.21. The lowest BCUT2D eigenvalue weighted by molar-refractivity contribution is -0.137. The maximum absolute atomic E-state index is 12.2. The summed E-state index contributed by atoms with van der Waals surface area (Å²) < 4.78 is 36.9. The number of thiazole rings is 1. The van der Waals surface area contributed by atoms with Gasteiger partial charge in [-0.3, -0.25) is 4.79 Å². The molecule has 1 aromatic rings. The van der Waals surface area contributed by atoms with Gasteiger partial charge >= 0.3 is 12.1 Å². The number of thioether (sulfide) groups is 1. The number of nitrogens with zero attached hydrogens (tertiary/aromatic N) is 1. The van der Waals surface area contributed by atoms with Crippen LogP contribution in [0.15, 0.2) is 10.5 Å². The fourth-order valence-corrected chi connectivity index (χ4v) is 2.70. The van der Waals surface area contributed by atoms with Gasteiger partial charge in [0.05, 0.1) is 6.20 Å². The highest BCUT2D eigenvalue weighted by Gasteiger charge is 2.33. The van der Waals surface area contributed by atoms with Crippen LogP contribution in [0.4, 0.5) is 13.2 Å². The van der Waals surface area contributed by atoms with E-state index in [0.29, 0.717) is 27.9 Å². The van der Waals surface area contributed by atoms with Crippen molar-refractivity contribution < 1.29 is 23.1 Å². The summed E-state index contributed by atoms with van der Waals surface area (Å²) in [5.74, 6) is -0.451. The first-order valence-corrected chi connectivity index (χ1v) is 6.07. The molecule has 1 aromatic heterocycles. The van der Waals surface area contributed by atoms with Gasteiger partial charge in [0, 0.05) is 12.2 Å². The van der Waals surface area contributed by atoms with Crippen molar-refractivity contribution in [2.75, 3.05) is 5.75 Å². The van der Waals surface area contributed by atoms with Gasteiger partial charge in [0.2, 0.25) is 0 Å². The molecule has 1 rings (SSSR count). The molecule has 0 unspecified atom stereocenters. The van der Waals surface area contributed by atoms with Crippen LogP contribution < -0.4 is 0 Å². The predicted octanol–water partition coefficient (Wildman–Crippen LogP) is 3.12. The van der Waals surface area contributed by atoms with Gasteiger partial charge in [-0.2, -0.15) is 13.2 Å². The van der Waals surface area contributed by atoms with Crippen LogP contribution in [0, 0.1) is 0 Å². The number of halogens is 3. The molecule has 0 spiro atoms. The van der Waals surface area contributed by atoms with Crippen LogP contribution >= 0.6 is 23.1 Å². The van der Waals surface area contributed by atoms with E-state index in [2.05, 4.69) is 4.98 Å². The van der Waals surface area contributed by atoms with E-state index in [4.69, 9.17) is 5.11 Å². The highest BCUT2D eigenvalue weighted by Crippen LogP contribution is 2.36. The normalized spacial score (nSPS) is 11.7. The summed E-state index contributed by atoms with van der Waals surface area (Å²) in [5, 5.41) is 8.35. The molecule has 1 heterocycles. The standard InChI is InChI=1S/C8H8F3NO2S2/c9-8(10,11)5-4-12-7(16-5)15-3-1-2-6(13)14/h4H,1-3H2,(H,13,14). The summed E-state index contributed by atoms with van der Waals surface area (Å²) in [6.45, 7) is 0. The molecule has 1 N–H and O–H groups in total. The molecule has 0 aromatic carbocycles. The van der Waals surface area contributed by atoms with Crippen LogP contribution in [-0.2, 0) is 11.0 Å². The Hall–Kier alpha value is -0.760. The van der Waals surface area contributed by atoms with Crippen molar-refractivity contribution in [1.29, 1.82) is 0 Å². The third-order valence-corrected chi connectivity index (χ3v) is 3.81. The van der Waals surface area contributed by atoms with Gasteiger partial charge in [0.25, 0.3) is 0 Å². The summed E-state index contributed by atoms with van der Waals surface area (Å²) in [4.78, 5) is 13.1. The van der Waals surface area contributed by atoms with E-state index in [1.54, 1.807) is 0 Å². The molecule has 0 aliphatic heterocycles. The topological polar surface area (TPSA) is 50.2 Å². The lowest BCUT2D eigenvalue weighted by Crippen LogP contribution is -2.00. The zero-order valence-electron chi connectivity index (χ0n) is 7.95. The number of carbonyl (C=O) groups is 1. The summed E-state index contributed by atoms with van der Waals surface area (Å²) >= 11 is 1.72. The Morgan fingerprint density at radius 3 is 2.75 bits per heavy atom. The summed E-state index contributed by atoms with van der Waals surface area (Å²) in [7, 11) is 0. The second kappa shape index (κ2) is 5.53. The molecule has 0 aliphatic rings. The minimum absolute atomic E-state index is 0.0184. The largest absolute Gasteiger partial charge is 0.481 e. The number of carboxylic acid groups (broad SMARTS) is 1. The molecule has 0 radical (unpaired) electrons. The summed E-state index contributed by atoms with van der Waals surface area (Å²) in [6.07, 6.45) is -3.12. The van der Waals surface area contributed by atoms with E-state index in [0.717, 1.165) is 18.0 Å². The molecule has 0 bridgehead atoms. The number of aromatic nitrogens is 1. The van der Waals surface area contributed by atoms with E-state index >= 15 is 0 Å². The lowest BCUT2D eigenvalue weighted by Gasteiger charge is -1.99. The maximum Gasteiger partial charge on any atom is 0.427 e. The van der Waals surface area contributed by atoms with Crippen LogP contribution in [0.2, 0.25) is 0 Å². The minimum atomic E-state index is -4.35. The first-order chi connectivity index (χ1) is 7.39. The van der Waals surface area contributed by atoms with Crippen molar-refractivity contribution >= 4 is 29.1 Å². The average molecular weight is 271 g/mol. The van der Waals surface area contributed by atoms with Crippen LogP contribution in [0.25, 0.3) is 0 Å². The Bertz CT molecular complexity index is 364. The van der Waals surface area contributed by atoms with E-state index in [1.165, 1.54) is 0 Å². The molecular formula is C8H8F3NO2S2. The number of hydrogen-bond donors (Lipinski definition) is 1.